The van der Waals surface area contributed by atoms with Crippen LogP contribution in [0.5, 0.6) is 0 Å². The molecular formula is C13H8Cl2N4O. The summed E-state index contributed by atoms with van der Waals surface area (Å²) in [6, 6.07) is 10.3. The number of halogens is 2. The van der Waals surface area contributed by atoms with Crippen molar-refractivity contribution >= 4 is 29.1 Å². The first kappa shape index (κ1) is 14.3. The molecule has 0 aliphatic heterocycles. The van der Waals surface area contributed by atoms with E-state index < -0.39 is 5.91 Å². The summed E-state index contributed by atoms with van der Waals surface area (Å²) in [6.45, 7) is 0.306. The third kappa shape index (κ3) is 3.44. The van der Waals surface area contributed by atoms with Crippen LogP contribution < -0.4 is 5.32 Å². The van der Waals surface area contributed by atoms with Gasteiger partial charge in [0.2, 0.25) is 0 Å². The van der Waals surface area contributed by atoms with Crippen molar-refractivity contribution in [1.29, 1.82) is 5.26 Å². The first-order chi connectivity index (χ1) is 9.60. The summed E-state index contributed by atoms with van der Waals surface area (Å²) < 4.78 is 0. The molecule has 0 atom stereocenters. The van der Waals surface area contributed by atoms with Crippen molar-refractivity contribution in [1.82, 2.24) is 15.5 Å². The van der Waals surface area contributed by atoms with Gasteiger partial charge in [-0.15, -0.1) is 10.2 Å². The SMILES string of the molecule is N#Cc1ccc(CNC(=O)c2cc(Cl)nnc2Cl)cc1. The number of hydrogen-bond acceptors (Lipinski definition) is 4. The number of hydrogen-bond donors (Lipinski definition) is 1. The highest BCUT2D eigenvalue weighted by molar-refractivity contribution is 6.34. The number of nitrogens with one attached hydrogen (secondary N) is 1. The fourth-order valence-corrected chi connectivity index (χ4v) is 1.81. The van der Waals surface area contributed by atoms with Crippen molar-refractivity contribution in [3.05, 3.63) is 57.3 Å². The number of nitriles is 1. The zero-order chi connectivity index (χ0) is 14.5. The Kier molecular flexibility index (Phi) is 4.51. The molecule has 0 bridgehead atoms. The van der Waals surface area contributed by atoms with Crippen LogP contribution in [-0.2, 0) is 6.54 Å². The molecule has 1 amide bonds. The van der Waals surface area contributed by atoms with Crippen LogP contribution in [0.1, 0.15) is 21.5 Å². The van der Waals surface area contributed by atoms with E-state index in [2.05, 4.69) is 15.5 Å². The molecule has 1 aromatic heterocycles. The van der Waals surface area contributed by atoms with Crippen molar-refractivity contribution in [2.75, 3.05) is 0 Å². The minimum absolute atomic E-state index is 0.00766. The topological polar surface area (TPSA) is 78.7 Å². The zero-order valence-electron chi connectivity index (χ0n) is 10.1. The van der Waals surface area contributed by atoms with Crippen molar-refractivity contribution in [3.8, 4) is 6.07 Å². The van der Waals surface area contributed by atoms with E-state index in [-0.39, 0.29) is 15.9 Å². The van der Waals surface area contributed by atoms with E-state index in [1.165, 1.54) is 6.07 Å². The monoisotopic (exact) mass is 306 g/mol. The molecule has 0 saturated heterocycles. The highest BCUT2D eigenvalue weighted by Gasteiger charge is 2.12. The van der Waals surface area contributed by atoms with E-state index >= 15 is 0 Å². The fraction of sp³-hybridized carbons (Fsp3) is 0.0769. The molecule has 0 fully saturated rings. The third-order valence-electron chi connectivity index (χ3n) is 2.50. The normalized spacial score (nSPS) is 9.85. The van der Waals surface area contributed by atoms with Crippen LogP contribution in [-0.4, -0.2) is 16.1 Å². The summed E-state index contributed by atoms with van der Waals surface area (Å²) in [5, 5.41) is 18.6. The lowest BCUT2D eigenvalue weighted by Gasteiger charge is -2.06. The van der Waals surface area contributed by atoms with Gasteiger partial charge < -0.3 is 5.32 Å². The summed E-state index contributed by atoms with van der Waals surface area (Å²) in [7, 11) is 0. The number of rotatable bonds is 3. The Morgan fingerprint density at radius 1 is 1.25 bits per heavy atom. The predicted molar refractivity (Wildman–Crippen MR) is 74.4 cm³/mol. The number of carbonyl (C=O) groups excluding carboxylic acids is 1. The van der Waals surface area contributed by atoms with E-state index in [0.29, 0.717) is 12.1 Å². The molecule has 0 spiro atoms. The lowest BCUT2D eigenvalue weighted by atomic mass is 10.1. The molecule has 7 heteroatoms. The van der Waals surface area contributed by atoms with Crippen LogP contribution in [0.15, 0.2) is 30.3 Å². The number of benzene rings is 1. The summed E-state index contributed by atoms with van der Waals surface area (Å²) in [6.07, 6.45) is 0. The van der Waals surface area contributed by atoms with Crippen molar-refractivity contribution in [3.63, 3.8) is 0 Å². The van der Waals surface area contributed by atoms with Gasteiger partial charge in [-0.2, -0.15) is 5.26 Å². The molecule has 2 rings (SSSR count). The molecule has 5 nitrogen and oxygen atoms in total. The van der Waals surface area contributed by atoms with Gasteiger partial charge in [0.15, 0.2) is 10.3 Å². The van der Waals surface area contributed by atoms with Crippen molar-refractivity contribution < 1.29 is 4.79 Å². The molecule has 0 unspecified atom stereocenters. The minimum atomic E-state index is -0.392. The van der Waals surface area contributed by atoms with E-state index in [1.54, 1.807) is 24.3 Å². The van der Waals surface area contributed by atoms with Crippen molar-refractivity contribution in [2.24, 2.45) is 0 Å². The van der Waals surface area contributed by atoms with E-state index in [0.717, 1.165) is 5.56 Å². The van der Waals surface area contributed by atoms with Gasteiger partial charge in [0.25, 0.3) is 5.91 Å². The second-order valence-electron chi connectivity index (χ2n) is 3.86. The third-order valence-corrected chi connectivity index (χ3v) is 2.96. The lowest BCUT2D eigenvalue weighted by molar-refractivity contribution is 0.0950. The van der Waals surface area contributed by atoms with Gasteiger partial charge in [-0.3, -0.25) is 4.79 Å². The molecular weight excluding hydrogens is 299 g/mol. The molecule has 1 N–H and O–H groups in total. The molecule has 0 aliphatic rings. The first-order valence-electron chi connectivity index (χ1n) is 5.56. The number of nitrogens with zero attached hydrogens (tertiary/aromatic N) is 3. The van der Waals surface area contributed by atoms with Crippen LogP contribution in [0.2, 0.25) is 10.3 Å². The van der Waals surface area contributed by atoms with E-state index in [1.807, 2.05) is 6.07 Å². The smallest absolute Gasteiger partial charge is 0.254 e. The second-order valence-corrected chi connectivity index (χ2v) is 4.61. The van der Waals surface area contributed by atoms with E-state index in [9.17, 15) is 4.79 Å². The zero-order valence-corrected chi connectivity index (χ0v) is 11.6. The Bertz CT molecular complexity index is 680. The van der Waals surface area contributed by atoms with Crippen LogP contribution in [0.3, 0.4) is 0 Å². The van der Waals surface area contributed by atoms with Gasteiger partial charge in [-0.05, 0) is 23.8 Å². The molecule has 20 heavy (non-hydrogen) atoms. The Balaban J connectivity index is 2.04. The molecule has 0 aliphatic carbocycles. The quantitative estimate of drug-likeness (QED) is 0.945. The Labute approximate surface area is 125 Å². The summed E-state index contributed by atoms with van der Waals surface area (Å²) in [5.41, 5.74) is 1.59. The van der Waals surface area contributed by atoms with Crippen LogP contribution in [0, 0.1) is 11.3 Å². The Morgan fingerprint density at radius 3 is 2.60 bits per heavy atom. The van der Waals surface area contributed by atoms with Gasteiger partial charge in [-0.25, -0.2) is 0 Å². The maximum Gasteiger partial charge on any atom is 0.254 e. The second kappa shape index (κ2) is 6.33. The van der Waals surface area contributed by atoms with Gasteiger partial charge in [0.1, 0.15) is 0 Å². The van der Waals surface area contributed by atoms with Gasteiger partial charge in [-0.1, -0.05) is 35.3 Å². The maximum absolute atomic E-state index is 11.9. The highest BCUT2D eigenvalue weighted by atomic mass is 35.5. The molecule has 1 heterocycles. The Morgan fingerprint density at radius 2 is 1.95 bits per heavy atom. The standard InChI is InChI=1S/C13H8Cl2N4O/c14-11-5-10(12(15)19-18-11)13(20)17-7-9-3-1-8(6-16)2-4-9/h1-5H,7H2,(H,17,20). The van der Waals surface area contributed by atoms with Gasteiger partial charge >= 0.3 is 0 Å². The largest absolute Gasteiger partial charge is 0.348 e. The summed E-state index contributed by atoms with van der Waals surface area (Å²) >= 11 is 11.5. The fourth-order valence-electron chi connectivity index (χ4n) is 1.49. The number of amides is 1. The average Bonchev–Trinajstić information content (AvgIpc) is 2.47. The van der Waals surface area contributed by atoms with Gasteiger partial charge in [0.05, 0.1) is 17.2 Å². The first-order valence-corrected chi connectivity index (χ1v) is 6.31. The van der Waals surface area contributed by atoms with Crippen LogP contribution >= 0.6 is 23.2 Å². The average molecular weight is 307 g/mol. The minimum Gasteiger partial charge on any atom is -0.348 e. The predicted octanol–water partition coefficient (Wildman–Crippen LogP) is 2.59. The lowest BCUT2D eigenvalue weighted by Crippen LogP contribution is -2.23. The molecule has 100 valence electrons. The van der Waals surface area contributed by atoms with Crippen LogP contribution in [0.25, 0.3) is 0 Å². The summed E-state index contributed by atoms with van der Waals surface area (Å²) in [5.74, 6) is -0.392. The van der Waals surface area contributed by atoms with E-state index in [4.69, 9.17) is 28.5 Å². The number of aromatic nitrogens is 2. The molecule has 1 aromatic carbocycles. The van der Waals surface area contributed by atoms with Crippen LogP contribution in [0.4, 0.5) is 0 Å². The molecule has 0 radical (unpaired) electrons. The van der Waals surface area contributed by atoms with Crippen molar-refractivity contribution in [2.45, 2.75) is 6.54 Å². The number of carbonyl (C=O) groups is 1. The summed E-state index contributed by atoms with van der Waals surface area (Å²) in [4.78, 5) is 11.9. The maximum atomic E-state index is 11.9. The highest BCUT2D eigenvalue weighted by Crippen LogP contribution is 2.15. The van der Waals surface area contributed by atoms with Gasteiger partial charge in [0, 0.05) is 6.54 Å². The molecule has 2 aromatic rings. The Hall–Kier alpha value is -2.16. The molecule has 0 saturated carbocycles.